The van der Waals surface area contributed by atoms with Gasteiger partial charge in [0.15, 0.2) is 0 Å². The van der Waals surface area contributed by atoms with Gasteiger partial charge in [-0.05, 0) is 51.5 Å². The first-order chi connectivity index (χ1) is 17.3. The number of halogens is 1. The molecule has 1 N–H and O–H groups in total. The lowest BCUT2D eigenvalue weighted by molar-refractivity contribution is 0.0997. The predicted octanol–water partition coefficient (Wildman–Crippen LogP) is 4.15. The molecule has 10 heteroatoms. The van der Waals surface area contributed by atoms with Crippen LogP contribution in [-0.2, 0) is 20.0 Å². The van der Waals surface area contributed by atoms with Crippen LogP contribution in [0.3, 0.4) is 0 Å². The summed E-state index contributed by atoms with van der Waals surface area (Å²) >= 11 is 0. The summed E-state index contributed by atoms with van der Waals surface area (Å²) in [5, 5.41) is 11.5. The molecular weight excluding hydrogens is 463 g/mol. The van der Waals surface area contributed by atoms with Crippen molar-refractivity contribution in [2.75, 3.05) is 5.32 Å². The fourth-order valence-corrected chi connectivity index (χ4v) is 5.35. The molecule has 1 aromatic carbocycles. The van der Waals surface area contributed by atoms with Gasteiger partial charge in [0.25, 0.3) is 5.91 Å². The second kappa shape index (κ2) is 9.91. The number of hydrogen-bond acceptors (Lipinski definition) is 5. The summed E-state index contributed by atoms with van der Waals surface area (Å²) in [5.74, 6) is 0.0301. The van der Waals surface area contributed by atoms with Gasteiger partial charge in [-0.2, -0.15) is 9.78 Å². The zero-order valence-corrected chi connectivity index (χ0v) is 21.1. The fourth-order valence-electron chi connectivity index (χ4n) is 5.35. The van der Waals surface area contributed by atoms with E-state index in [9.17, 15) is 9.59 Å². The molecule has 0 saturated heterocycles. The van der Waals surface area contributed by atoms with Gasteiger partial charge < -0.3 is 10.1 Å². The molecule has 0 bridgehead atoms. The molecule has 1 aliphatic heterocycles. The Kier molecular flexibility index (Phi) is 6.68. The molecule has 0 unspecified atom stereocenters. The van der Waals surface area contributed by atoms with Gasteiger partial charge >= 0.3 is 5.69 Å². The first-order valence-corrected chi connectivity index (χ1v) is 12.8. The molecule has 1 atom stereocenters. The highest BCUT2D eigenvalue weighted by Gasteiger charge is 2.27. The third kappa shape index (κ3) is 4.68. The highest BCUT2D eigenvalue weighted by molar-refractivity contribution is 6.06. The highest BCUT2D eigenvalue weighted by atomic mass is 19.1. The zero-order chi connectivity index (χ0) is 25.4. The van der Waals surface area contributed by atoms with E-state index in [1.807, 2.05) is 6.92 Å². The van der Waals surface area contributed by atoms with Crippen LogP contribution in [0.1, 0.15) is 73.7 Å². The number of fused-ring (bicyclic) bond motifs is 1. The zero-order valence-electron chi connectivity index (χ0n) is 21.1. The Morgan fingerprint density at radius 2 is 1.94 bits per heavy atom. The van der Waals surface area contributed by atoms with Crippen molar-refractivity contribution < 1.29 is 13.9 Å². The molecule has 1 amide bonds. The number of carbonyl (C=O) groups is 1. The summed E-state index contributed by atoms with van der Waals surface area (Å²) in [7, 11) is 1.76. The van der Waals surface area contributed by atoms with Crippen LogP contribution in [0.25, 0.3) is 5.69 Å². The number of hydrogen-bond donors (Lipinski definition) is 1. The predicted molar refractivity (Wildman–Crippen MR) is 133 cm³/mol. The molecule has 1 fully saturated rings. The van der Waals surface area contributed by atoms with Crippen LogP contribution in [0.15, 0.2) is 23.1 Å². The fraction of sp³-hybridized carbons (Fsp3) is 0.538. The van der Waals surface area contributed by atoms with Crippen LogP contribution in [0.2, 0.25) is 0 Å². The van der Waals surface area contributed by atoms with Crippen molar-refractivity contribution >= 4 is 11.6 Å². The number of carbonyl (C=O) groups excluding carboxylic acids is 1. The summed E-state index contributed by atoms with van der Waals surface area (Å²) in [6, 6.07) is 2.59. The Labute approximate surface area is 209 Å². The lowest BCUT2D eigenvalue weighted by atomic mass is 9.86. The Morgan fingerprint density at radius 1 is 1.17 bits per heavy atom. The van der Waals surface area contributed by atoms with Crippen molar-refractivity contribution in [2.24, 2.45) is 13.0 Å². The van der Waals surface area contributed by atoms with E-state index in [2.05, 4.69) is 15.5 Å². The van der Waals surface area contributed by atoms with Crippen molar-refractivity contribution in [2.45, 2.75) is 77.9 Å². The van der Waals surface area contributed by atoms with Gasteiger partial charge in [-0.1, -0.05) is 19.3 Å². The second-order valence-corrected chi connectivity index (χ2v) is 10.00. The molecule has 5 rings (SSSR count). The minimum absolute atomic E-state index is 0.0122. The maximum atomic E-state index is 15.5. The molecule has 36 heavy (non-hydrogen) atoms. The SMILES string of the molecule is Cc1nn(C)cc1NC(=O)c1cc(F)c(-n2nc3n(c2=O)CCCC3)cc1O[C@@H](C)C1CCCCC1. The highest BCUT2D eigenvalue weighted by Crippen LogP contribution is 2.32. The van der Waals surface area contributed by atoms with Crippen LogP contribution in [0.4, 0.5) is 10.1 Å². The van der Waals surface area contributed by atoms with Gasteiger partial charge in [-0.25, -0.2) is 9.18 Å². The van der Waals surface area contributed by atoms with E-state index in [-0.39, 0.29) is 28.8 Å². The molecular formula is C26H33FN6O3. The summed E-state index contributed by atoms with van der Waals surface area (Å²) in [4.78, 5) is 26.3. The maximum Gasteiger partial charge on any atom is 0.350 e. The smallest absolute Gasteiger partial charge is 0.350 e. The van der Waals surface area contributed by atoms with E-state index < -0.39 is 11.7 Å². The van der Waals surface area contributed by atoms with Crippen molar-refractivity contribution in [3.63, 3.8) is 0 Å². The number of nitrogens with one attached hydrogen (secondary N) is 1. The first-order valence-electron chi connectivity index (χ1n) is 12.8. The van der Waals surface area contributed by atoms with Crippen molar-refractivity contribution in [3.8, 4) is 11.4 Å². The lowest BCUT2D eigenvalue weighted by Gasteiger charge is -2.29. The molecule has 3 heterocycles. The van der Waals surface area contributed by atoms with E-state index in [0.29, 0.717) is 36.1 Å². The summed E-state index contributed by atoms with van der Waals surface area (Å²) in [5.41, 5.74) is 0.867. The number of nitrogens with zero attached hydrogens (tertiary/aromatic N) is 5. The van der Waals surface area contributed by atoms with Crippen LogP contribution in [-0.4, -0.2) is 36.1 Å². The number of benzene rings is 1. The number of rotatable bonds is 6. The third-order valence-corrected chi connectivity index (χ3v) is 7.38. The number of aryl methyl sites for hydroxylation is 3. The standard InChI is InChI=1S/C26H33FN6O3/c1-16-21(15-31(3)29-16)28-25(34)19-13-20(27)22(33-26(35)32-12-8-7-11-24(32)30-33)14-23(19)36-17(2)18-9-5-4-6-10-18/h13-15,17-18H,4-12H2,1-3H3,(H,28,34)/t17-/m0/s1. The van der Waals surface area contributed by atoms with Gasteiger partial charge in [-0.3, -0.25) is 14.0 Å². The lowest BCUT2D eigenvalue weighted by Crippen LogP contribution is -2.28. The van der Waals surface area contributed by atoms with Crippen LogP contribution < -0.4 is 15.7 Å². The third-order valence-electron chi connectivity index (χ3n) is 7.38. The van der Waals surface area contributed by atoms with Crippen molar-refractivity contribution in [3.05, 3.63) is 51.7 Å². The minimum atomic E-state index is -0.710. The van der Waals surface area contributed by atoms with Crippen LogP contribution in [0.5, 0.6) is 5.75 Å². The van der Waals surface area contributed by atoms with E-state index in [4.69, 9.17) is 4.74 Å². The maximum absolute atomic E-state index is 15.5. The summed E-state index contributed by atoms with van der Waals surface area (Å²) in [6.07, 6.45) is 9.66. The summed E-state index contributed by atoms with van der Waals surface area (Å²) < 4.78 is 26.1. The Hall–Kier alpha value is -3.43. The second-order valence-electron chi connectivity index (χ2n) is 10.00. The number of aromatic nitrogens is 5. The quantitative estimate of drug-likeness (QED) is 0.553. The molecule has 2 aromatic heterocycles. The molecule has 192 valence electrons. The normalized spacial score (nSPS) is 17.0. The topological polar surface area (TPSA) is 96.0 Å². The van der Waals surface area contributed by atoms with E-state index in [1.165, 1.54) is 12.5 Å². The Morgan fingerprint density at radius 3 is 2.64 bits per heavy atom. The molecule has 1 aliphatic carbocycles. The molecule has 9 nitrogen and oxygen atoms in total. The van der Waals surface area contributed by atoms with Gasteiger partial charge in [-0.15, -0.1) is 5.10 Å². The van der Waals surface area contributed by atoms with E-state index in [1.54, 1.807) is 29.4 Å². The molecule has 1 saturated carbocycles. The van der Waals surface area contributed by atoms with E-state index in [0.717, 1.165) is 49.3 Å². The Bertz CT molecular complexity index is 1330. The largest absolute Gasteiger partial charge is 0.490 e. The molecule has 0 radical (unpaired) electrons. The van der Waals surface area contributed by atoms with Crippen molar-refractivity contribution in [1.29, 1.82) is 0 Å². The molecule has 2 aliphatic rings. The summed E-state index contributed by atoms with van der Waals surface area (Å²) in [6.45, 7) is 4.35. The van der Waals surface area contributed by atoms with Gasteiger partial charge in [0.2, 0.25) is 0 Å². The Balaban J connectivity index is 1.54. The number of ether oxygens (including phenoxy) is 1. The molecule has 3 aromatic rings. The van der Waals surface area contributed by atoms with Gasteiger partial charge in [0.05, 0.1) is 23.0 Å². The monoisotopic (exact) mass is 496 g/mol. The van der Waals surface area contributed by atoms with Gasteiger partial charge in [0, 0.05) is 32.3 Å². The number of anilines is 1. The number of amides is 1. The molecule has 0 spiro atoms. The average molecular weight is 497 g/mol. The minimum Gasteiger partial charge on any atom is -0.490 e. The van der Waals surface area contributed by atoms with Crippen LogP contribution in [0, 0.1) is 18.7 Å². The van der Waals surface area contributed by atoms with Crippen LogP contribution >= 0.6 is 0 Å². The van der Waals surface area contributed by atoms with Crippen molar-refractivity contribution in [1.82, 2.24) is 24.1 Å². The average Bonchev–Trinajstić information content (AvgIpc) is 3.37. The van der Waals surface area contributed by atoms with Gasteiger partial charge in [0.1, 0.15) is 23.1 Å². The van der Waals surface area contributed by atoms with E-state index >= 15 is 4.39 Å². The first kappa shape index (κ1) is 24.3.